The molecule has 1 aliphatic heterocycles. The van der Waals surface area contributed by atoms with Crippen LogP contribution in [0, 0.1) is 13.8 Å². The Labute approximate surface area is 173 Å². The summed E-state index contributed by atoms with van der Waals surface area (Å²) in [4.78, 5) is 25.1. The Bertz CT molecular complexity index is 1160. The lowest BCUT2D eigenvalue weighted by atomic mass is 10.1. The quantitative estimate of drug-likeness (QED) is 0.315. The molecular formula is C24H17ClO4. The molecule has 0 atom stereocenters. The van der Waals surface area contributed by atoms with Crippen LogP contribution in [0.25, 0.3) is 6.08 Å². The van der Waals surface area contributed by atoms with Crippen molar-refractivity contribution in [3.63, 3.8) is 0 Å². The maximum Gasteiger partial charge on any atom is 0.343 e. The molecular weight excluding hydrogens is 388 g/mol. The number of hydrogen-bond acceptors (Lipinski definition) is 4. The summed E-state index contributed by atoms with van der Waals surface area (Å²) in [6, 6.07) is 17.5. The third kappa shape index (κ3) is 3.80. The number of fused-ring (bicyclic) bond motifs is 1. The summed E-state index contributed by atoms with van der Waals surface area (Å²) in [5.41, 5.74) is 3.38. The molecule has 0 N–H and O–H groups in total. The van der Waals surface area contributed by atoms with Crippen LogP contribution in [0.3, 0.4) is 0 Å². The summed E-state index contributed by atoms with van der Waals surface area (Å²) in [6.45, 7) is 3.75. The van der Waals surface area contributed by atoms with Gasteiger partial charge in [0.1, 0.15) is 11.5 Å². The number of ether oxygens (including phenoxy) is 2. The second kappa shape index (κ2) is 7.57. The van der Waals surface area contributed by atoms with Gasteiger partial charge in [0.05, 0.1) is 11.1 Å². The van der Waals surface area contributed by atoms with Gasteiger partial charge in [0, 0.05) is 10.6 Å². The minimum absolute atomic E-state index is 0.198. The lowest BCUT2D eigenvalue weighted by Crippen LogP contribution is -2.09. The Morgan fingerprint density at radius 3 is 2.52 bits per heavy atom. The molecule has 0 aliphatic carbocycles. The first-order chi connectivity index (χ1) is 13.9. The number of aryl methyl sites for hydroxylation is 1. The van der Waals surface area contributed by atoms with E-state index in [4.69, 9.17) is 21.1 Å². The van der Waals surface area contributed by atoms with Crippen molar-refractivity contribution in [2.75, 3.05) is 0 Å². The molecule has 3 aromatic rings. The Balaban J connectivity index is 1.61. The average Bonchev–Trinajstić information content (AvgIpc) is 3.02. The third-order valence-electron chi connectivity index (χ3n) is 4.67. The SMILES string of the molecule is Cc1ccc(/C=C2\Oc3c(ccc(OC(=O)c4cccc(Cl)c4)c3C)C2=O)cc1. The molecule has 3 aromatic carbocycles. The van der Waals surface area contributed by atoms with Gasteiger partial charge in [0.15, 0.2) is 5.76 Å². The van der Waals surface area contributed by atoms with Gasteiger partial charge in [0.25, 0.3) is 0 Å². The summed E-state index contributed by atoms with van der Waals surface area (Å²) in [5, 5.41) is 0.449. The number of benzene rings is 3. The van der Waals surface area contributed by atoms with Crippen molar-refractivity contribution < 1.29 is 19.1 Å². The topological polar surface area (TPSA) is 52.6 Å². The molecule has 0 aromatic heterocycles. The highest BCUT2D eigenvalue weighted by Gasteiger charge is 2.30. The van der Waals surface area contributed by atoms with Crippen LogP contribution in [0.1, 0.15) is 37.4 Å². The lowest BCUT2D eigenvalue weighted by molar-refractivity contribution is 0.0733. The zero-order valence-electron chi connectivity index (χ0n) is 15.9. The van der Waals surface area contributed by atoms with Gasteiger partial charge in [-0.05, 0) is 55.8 Å². The zero-order valence-corrected chi connectivity index (χ0v) is 16.6. The van der Waals surface area contributed by atoms with Gasteiger partial charge in [-0.1, -0.05) is 47.5 Å². The van der Waals surface area contributed by atoms with E-state index in [1.807, 2.05) is 31.2 Å². The number of carbonyl (C=O) groups is 2. The summed E-state index contributed by atoms with van der Waals surface area (Å²) >= 11 is 5.94. The molecule has 0 bridgehead atoms. The summed E-state index contributed by atoms with van der Waals surface area (Å²) in [7, 11) is 0. The smallest absolute Gasteiger partial charge is 0.343 e. The van der Waals surface area contributed by atoms with Gasteiger partial charge in [0.2, 0.25) is 5.78 Å². The van der Waals surface area contributed by atoms with Gasteiger partial charge in [-0.2, -0.15) is 0 Å². The summed E-state index contributed by atoms with van der Waals surface area (Å²) in [6.07, 6.45) is 1.71. The Morgan fingerprint density at radius 1 is 1.03 bits per heavy atom. The normalized spacial score (nSPS) is 13.9. The zero-order chi connectivity index (χ0) is 20.5. The van der Waals surface area contributed by atoms with Crippen LogP contribution in [-0.4, -0.2) is 11.8 Å². The molecule has 0 amide bonds. The molecule has 4 rings (SSSR count). The molecule has 1 heterocycles. The van der Waals surface area contributed by atoms with Crippen molar-refractivity contribution in [3.8, 4) is 11.5 Å². The molecule has 29 heavy (non-hydrogen) atoms. The first-order valence-electron chi connectivity index (χ1n) is 9.04. The second-order valence-corrected chi connectivity index (χ2v) is 7.25. The van der Waals surface area contributed by atoms with E-state index in [-0.39, 0.29) is 11.5 Å². The van der Waals surface area contributed by atoms with Crippen molar-refractivity contribution in [2.45, 2.75) is 13.8 Å². The van der Waals surface area contributed by atoms with E-state index in [1.54, 1.807) is 43.3 Å². The second-order valence-electron chi connectivity index (χ2n) is 6.82. The number of rotatable bonds is 3. The Kier molecular flexibility index (Phi) is 4.95. The van der Waals surface area contributed by atoms with Crippen LogP contribution < -0.4 is 9.47 Å². The average molecular weight is 405 g/mol. The molecule has 0 saturated carbocycles. The Morgan fingerprint density at radius 2 is 1.79 bits per heavy atom. The fourth-order valence-corrected chi connectivity index (χ4v) is 3.26. The van der Waals surface area contributed by atoms with Crippen LogP contribution >= 0.6 is 11.6 Å². The molecule has 1 aliphatic rings. The largest absolute Gasteiger partial charge is 0.452 e. The lowest BCUT2D eigenvalue weighted by Gasteiger charge is -2.10. The maximum atomic E-state index is 12.7. The molecule has 4 nitrogen and oxygen atoms in total. The molecule has 5 heteroatoms. The molecule has 0 spiro atoms. The summed E-state index contributed by atoms with van der Waals surface area (Å²) < 4.78 is 11.3. The maximum absolute atomic E-state index is 12.7. The number of allylic oxidation sites excluding steroid dienone is 1. The number of halogens is 1. The van der Waals surface area contributed by atoms with Crippen molar-refractivity contribution in [1.29, 1.82) is 0 Å². The van der Waals surface area contributed by atoms with Crippen LogP contribution in [0.2, 0.25) is 5.02 Å². The van der Waals surface area contributed by atoms with Crippen LogP contribution in [0.4, 0.5) is 0 Å². The third-order valence-corrected chi connectivity index (χ3v) is 4.91. The molecule has 0 fully saturated rings. The van der Waals surface area contributed by atoms with Crippen molar-refractivity contribution >= 4 is 29.4 Å². The predicted molar refractivity (Wildman–Crippen MR) is 112 cm³/mol. The molecule has 0 unspecified atom stereocenters. The number of Topliss-reactive ketones (excluding diaryl/α,β-unsaturated/α-hetero) is 1. The van der Waals surface area contributed by atoms with Crippen molar-refractivity contribution in [3.05, 3.63) is 99.3 Å². The Hall–Kier alpha value is -3.37. The van der Waals surface area contributed by atoms with Crippen LogP contribution in [0.5, 0.6) is 11.5 Å². The molecule has 144 valence electrons. The number of esters is 1. The predicted octanol–water partition coefficient (Wildman–Crippen LogP) is 5.79. The fourth-order valence-electron chi connectivity index (χ4n) is 3.07. The van der Waals surface area contributed by atoms with E-state index >= 15 is 0 Å². The summed E-state index contributed by atoms with van der Waals surface area (Å²) in [5.74, 6) is 0.250. The van der Waals surface area contributed by atoms with Gasteiger partial charge in [-0.15, -0.1) is 0 Å². The van der Waals surface area contributed by atoms with Crippen LogP contribution in [-0.2, 0) is 0 Å². The standard InChI is InChI=1S/C24H17ClO4/c1-14-6-8-16(9-7-14)12-21-22(26)19-10-11-20(15(2)23(19)28-21)29-24(27)17-4-3-5-18(25)13-17/h3-13H,1-2H3/b21-12-. The number of hydrogen-bond donors (Lipinski definition) is 0. The van der Waals surface area contributed by atoms with Gasteiger partial charge >= 0.3 is 5.97 Å². The highest BCUT2D eigenvalue weighted by Crippen LogP contribution is 2.39. The van der Waals surface area contributed by atoms with E-state index in [1.165, 1.54) is 6.07 Å². The minimum Gasteiger partial charge on any atom is -0.452 e. The van der Waals surface area contributed by atoms with E-state index < -0.39 is 5.97 Å². The first kappa shape index (κ1) is 19.0. The van der Waals surface area contributed by atoms with Gasteiger partial charge < -0.3 is 9.47 Å². The van der Waals surface area contributed by atoms with E-state index in [0.717, 1.165) is 11.1 Å². The van der Waals surface area contributed by atoms with Crippen LogP contribution in [0.15, 0.2) is 66.4 Å². The first-order valence-corrected chi connectivity index (χ1v) is 9.42. The van der Waals surface area contributed by atoms with E-state index in [0.29, 0.717) is 33.2 Å². The minimum atomic E-state index is -0.532. The van der Waals surface area contributed by atoms with Gasteiger partial charge in [-0.3, -0.25) is 4.79 Å². The van der Waals surface area contributed by atoms with E-state index in [9.17, 15) is 9.59 Å². The molecule has 0 saturated heterocycles. The fraction of sp³-hybridized carbons (Fsp3) is 0.0833. The van der Waals surface area contributed by atoms with Crippen molar-refractivity contribution in [1.82, 2.24) is 0 Å². The number of carbonyl (C=O) groups excluding carboxylic acids is 2. The number of ketones is 1. The van der Waals surface area contributed by atoms with Crippen molar-refractivity contribution in [2.24, 2.45) is 0 Å². The highest BCUT2D eigenvalue weighted by molar-refractivity contribution is 6.30. The highest BCUT2D eigenvalue weighted by atomic mass is 35.5. The van der Waals surface area contributed by atoms with Gasteiger partial charge in [-0.25, -0.2) is 4.79 Å². The van der Waals surface area contributed by atoms with E-state index in [2.05, 4.69) is 0 Å². The molecule has 0 radical (unpaired) electrons. The monoisotopic (exact) mass is 404 g/mol.